The van der Waals surface area contributed by atoms with Gasteiger partial charge in [0.25, 0.3) is 0 Å². The Morgan fingerprint density at radius 1 is 1.27 bits per heavy atom. The van der Waals surface area contributed by atoms with Gasteiger partial charge in [0.1, 0.15) is 5.82 Å². The van der Waals surface area contributed by atoms with Crippen LogP contribution >= 0.6 is 12.4 Å². The minimum atomic E-state index is 0. The Hall–Kier alpha value is -1.79. The Bertz CT molecular complexity index is 440. The number of hydrogen-bond acceptors (Lipinski definition) is 2. The van der Waals surface area contributed by atoms with Crippen LogP contribution in [0.3, 0.4) is 0 Å². The van der Waals surface area contributed by atoms with E-state index >= 15 is 0 Å². The zero-order valence-electron chi connectivity index (χ0n) is 7.97. The van der Waals surface area contributed by atoms with Crippen molar-refractivity contribution < 1.29 is 0 Å². The molecule has 76 valence electrons. The highest BCUT2D eigenvalue weighted by Crippen LogP contribution is 2.06. The minimum Gasteiger partial charge on any atom is -0.348 e. The predicted molar refractivity (Wildman–Crippen MR) is 59.8 cm³/mol. The number of halogens is 1. The molecule has 1 aromatic carbocycles. The molecule has 1 aromatic heterocycles. The average molecular weight is 220 g/mol. The number of aromatic amines is 1. The van der Waals surface area contributed by atoms with Crippen molar-refractivity contribution in [1.82, 2.24) is 9.97 Å². The molecule has 0 atom stereocenters. The molecular weight excluding hydrogens is 210 g/mol. The summed E-state index contributed by atoms with van der Waals surface area (Å²) in [5.41, 5.74) is 1.84. The Labute approximate surface area is 94.2 Å². The number of H-pyrrole nitrogens is 1. The summed E-state index contributed by atoms with van der Waals surface area (Å²) in [4.78, 5) is 7.17. The van der Waals surface area contributed by atoms with E-state index in [9.17, 15) is 0 Å². The summed E-state index contributed by atoms with van der Waals surface area (Å²) in [6.07, 6.45) is 4.32. The number of nitriles is 1. The zero-order chi connectivity index (χ0) is 9.80. The highest BCUT2D eigenvalue weighted by molar-refractivity contribution is 5.85. The predicted octanol–water partition coefficient (Wildman–Crippen LogP) is 2.29. The lowest BCUT2D eigenvalue weighted by Crippen LogP contribution is -1.90. The van der Waals surface area contributed by atoms with Crippen molar-refractivity contribution in [2.45, 2.75) is 6.42 Å². The average Bonchev–Trinajstić information content (AvgIpc) is 2.72. The number of benzene rings is 1. The first-order valence-corrected chi connectivity index (χ1v) is 4.36. The van der Waals surface area contributed by atoms with Crippen molar-refractivity contribution in [3.8, 4) is 6.07 Å². The quantitative estimate of drug-likeness (QED) is 0.843. The van der Waals surface area contributed by atoms with Crippen LogP contribution in [0.25, 0.3) is 0 Å². The standard InChI is InChI=1S/C11H9N3.ClH/c12-8-10-3-1-9(2-4-10)7-11-13-5-6-14-11;/h1-6H,7H2,(H,13,14);1H. The molecule has 0 saturated heterocycles. The maximum atomic E-state index is 8.62. The van der Waals surface area contributed by atoms with E-state index in [0.29, 0.717) is 5.56 Å². The van der Waals surface area contributed by atoms with E-state index in [-0.39, 0.29) is 12.4 Å². The molecule has 0 aliphatic heterocycles. The maximum absolute atomic E-state index is 8.62. The van der Waals surface area contributed by atoms with Gasteiger partial charge in [0.2, 0.25) is 0 Å². The minimum absolute atomic E-state index is 0. The molecule has 0 amide bonds. The Balaban J connectivity index is 0.00000112. The van der Waals surface area contributed by atoms with Crippen LogP contribution in [0.2, 0.25) is 0 Å². The molecule has 0 aliphatic carbocycles. The molecule has 4 heteroatoms. The SMILES string of the molecule is Cl.N#Cc1ccc(Cc2ncc[nH]2)cc1. The fourth-order valence-corrected chi connectivity index (χ4v) is 1.29. The van der Waals surface area contributed by atoms with Gasteiger partial charge >= 0.3 is 0 Å². The molecule has 0 bridgehead atoms. The van der Waals surface area contributed by atoms with Crippen LogP contribution in [0.5, 0.6) is 0 Å². The third-order valence-corrected chi connectivity index (χ3v) is 2.01. The van der Waals surface area contributed by atoms with E-state index in [1.807, 2.05) is 24.3 Å². The first kappa shape index (κ1) is 11.3. The van der Waals surface area contributed by atoms with E-state index in [0.717, 1.165) is 17.8 Å². The molecule has 0 radical (unpaired) electrons. The lowest BCUT2D eigenvalue weighted by atomic mass is 10.1. The second-order valence-corrected chi connectivity index (χ2v) is 3.02. The molecule has 2 rings (SSSR count). The van der Waals surface area contributed by atoms with Crippen molar-refractivity contribution in [3.63, 3.8) is 0 Å². The van der Waals surface area contributed by atoms with Crippen LogP contribution in [-0.4, -0.2) is 9.97 Å². The van der Waals surface area contributed by atoms with E-state index in [4.69, 9.17) is 5.26 Å². The number of rotatable bonds is 2. The molecule has 1 N–H and O–H groups in total. The highest BCUT2D eigenvalue weighted by Gasteiger charge is 1.97. The van der Waals surface area contributed by atoms with Crippen LogP contribution in [0, 0.1) is 11.3 Å². The molecular formula is C11H10ClN3. The van der Waals surface area contributed by atoms with Gasteiger partial charge in [-0.05, 0) is 17.7 Å². The summed E-state index contributed by atoms with van der Waals surface area (Å²) in [6.45, 7) is 0. The van der Waals surface area contributed by atoms with E-state index < -0.39 is 0 Å². The van der Waals surface area contributed by atoms with Crippen molar-refractivity contribution in [3.05, 3.63) is 53.6 Å². The summed E-state index contributed by atoms with van der Waals surface area (Å²) in [5, 5.41) is 8.62. The van der Waals surface area contributed by atoms with Gasteiger partial charge in [0.05, 0.1) is 11.6 Å². The number of hydrogen-bond donors (Lipinski definition) is 1. The van der Waals surface area contributed by atoms with Crippen molar-refractivity contribution in [1.29, 1.82) is 5.26 Å². The highest BCUT2D eigenvalue weighted by atomic mass is 35.5. The Morgan fingerprint density at radius 3 is 2.53 bits per heavy atom. The molecule has 0 fully saturated rings. The largest absolute Gasteiger partial charge is 0.348 e. The molecule has 0 unspecified atom stereocenters. The maximum Gasteiger partial charge on any atom is 0.110 e. The topological polar surface area (TPSA) is 52.5 Å². The second-order valence-electron chi connectivity index (χ2n) is 3.02. The summed E-state index contributed by atoms with van der Waals surface area (Å²) in [7, 11) is 0. The van der Waals surface area contributed by atoms with Gasteiger partial charge in [0, 0.05) is 18.8 Å². The molecule has 15 heavy (non-hydrogen) atoms. The van der Waals surface area contributed by atoms with Gasteiger partial charge < -0.3 is 4.98 Å². The first-order valence-electron chi connectivity index (χ1n) is 4.36. The van der Waals surface area contributed by atoms with E-state index in [1.165, 1.54) is 0 Å². The summed E-state index contributed by atoms with van der Waals surface area (Å²) < 4.78 is 0. The fourth-order valence-electron chi connectivity index (χ4n) is 1.29. The van der Waals surface area contributed by atoms with Crippen LogP contribution in [-0.2, 0) is 6.42 Å². The molecule has 1 heterocycles. The molecule has 3 nitrogen and oxygen atoms in total. The van der Waals surface area contributed by atoms with Crippen LogP contribution in [0.1, 0.15) is 17.0 Å². The number of nitrogens with zero attached hydrogens (tertiary/aromatic N) is 2. The summed E-state index contributed by atoms with van der Waals surface area (Å²) in [6, 6.07) is 9.62. The van der Waals surface area contributed by atoms with Gasteiger partial charge in [-0.15, -0.1) is 12.4 Å². The number of aromatic nitrogens is 2. The van der Waals surface area contributed by atoms with Gasteiger partial charge in [-0.25, -0.2) is 4.98 Å². The molecule has 0 spiro atoms. The summed E-state index contributed by atoms with van der Waals surface area (Å²) >= 11 is 0. The molecule has 0 saturated carbocycles. The molecule has 0 aliphatic rings. The van der Waals surface area contributed by atoms with Gasteiger partial charge in [-0.2, -0.15) is 5.26 Å². The van der Waals surface area contributed by atoms with E-state index in [1.54, 1.807) is 12.4 Å². The third kappa shape index (κ3) is 2.83. The van der Waals surface area contributed by atoms with Crippen molar-refractivity contribution in [2.24, 2.45) is 0 Å². The second kappa shape index (κ2) is 5.18. The van der Waals surface area contributed by atoms with Gasteiger partial charge in [0.15, 0.2) is 0 Å². The molecule has 2 aromatic rings. The number of nitrogens with one attached hydrogen (secondary N) is 1. The summed E-state index contributed by atoms with van der Waals surface area (Å²) in [5.74, 6) is 0.940. The first-order chi connectivity index (χ1) is 6.88. The fraction of sp³-hybridized carbons (Fsp3) is 0.0909. The van der Waals surface area contributed by atoms with Crippen LogP contribution < -0.4 is 0 Å². The van der Waals surface area contributed by atoms with Gasteiger partial charge in [-0.1, -0.05) is 12.1 Å². The number of imidazole rings is 1. The normalized spacial score (nSPS) is 9.00. The smallest absolute Gasteiger partial charge is 0.110 e. The Morgan fingerprint density at radius 2 is 2.00 bits per heavy atom. The Kier molecular flexibility index (Phi) is 3.90. The lowest BCUT2D eigenvalue weighted by molar-refractivity contribution is 1.03. The van der Waals surface area contributed by atoms with E-state index in [2.05, 4.69) is 16.0 Å². The van der Waals surface area contributed by atoms with Crippen LogP contribution in [0.4, 0.5) is 0 Å². The van der Waals surface area contributed by atoms with Crippen LogP contribution in [0.15, 0.2) is 36.7 Å². The van der Waals surface area contributed by atoms with Crippen molar-refractivity contribution >= 4 is 12.4 Å². The third-order valence-electron chi connectivity index (χ3n) is 2.01. The monoisotopic (exact) mass is 219 g/mol. The van der Waals surface area contributed by atoms with Crippen molar-refractivity contribution in [2.75, 3.05) is 0 Å². The zero-order valence-corrected chi connectivity index (χ0v) is 8.79. The lowest BCUT2D eigenvalue weighted by Gasteiger charge is -1.97. The van der Waals surface area contributed by atoms with Gasteiger partial charge in [-0.3, -0.25) is 0 Å².